The lowest BCUT2D eigenvalue weighted by Crippen LogP contribution is -2.28. The summed E-state index contributed by atoms with van der Waals surface area (Å²) >= 11 is 0. The molecule has 1 aromatic carbocycles. The lowest BCUT2D eigenvalue weighted by molar-refractivity contribution is 0.415. The van der Waals surface area contributed by atoms with Gasteiger partial charge in [0, 0.05) is 23.7 Å². The van der Waals surface area contributed by atoms with E-state index >= 15 is 0 Å². The van der Waals surface area contributed by atoms with Crippen LogP contribution in [0, 0.1) is 0 Å². The van der Waals surface area contributed by atoms with Crippen LogP contribution in [0.15, 0.2) is 41.2 Å². The second kappa shape index (κ2) is 6.59. The van der Waals surface area contributed by atoms with Crippen LogP contribution in [0.4, 0.5) is 0 Å². The van der Waals surface area contributed by atoms with Crippen molar-refractivity contribution in [3.8, 4) is 17.0 Å². The van der Waals surface area contributed by atoms with E-state index in [4.69, 9.17) is 4.74 Å². The first-order chi connectivity index (χ1) is 10.1. The Labute approximate surface area is 125 Å². The maximum atomic E-state index is 12.6. The fourth-order valence-electron chi connectivity index (χ4n) is 2.45. The van der Waals surface area contributed by atoms with Crippen molar-refractivity contribution >= 4 is 0 Å². The van der Waals surface area contributed by atoms with E-state index in [2.05, 4.69) is 5.32 Å². The van der Waals surface area contributed by atoms with Crippen molar-refractivity contribution in [2.45, 2.75) is 26.4 Å². The smallest absolute Gasteiger partial charge is 0.255 e. The highest BCUT2D eigenvalue weighted by molar-refractivity contribution is 5.62. The summed E-state index contributed by atoms with van der Waals surface area (Å²) in [4.78, 5) is 12.6. The predicted molar refractivity (Wildman–Crippen MR) is 85.8 cm³/mol. The first-order valence-electron chi connectivity index (χ1n) is 7.12. The first kappa shape index (κ1) is 15.3. The van der Waals surface area contributed by atoms with Crippen molar-refractivity contribution in [3.63, 3.8) is 0 Å². The van der Waals surface area contributed by atoms with E-state index in [0.717, 1.165) is 22.6 Å². The Bertz CT molecular complexity index is 675. The Morgan fingerprint density at radius 3 is 2.62 bits per heavy atom. The Hall–Kier alpha value is -2.07. The molecule has 1 aromatic heterocycles. The predicted octanol–water partition coefficient (Wildman–Crippen LogP) is 2.82. The average Bonchev–Trinajstić information content (AvgIpc) is 2.49. The number of hydrogen-bond donors (Lipinski definition) is 1. The second-order valence-electron chi connectivity index (χ2n) is 5.28. The molecule has 21 heavy (non-hydrogen) atoms. The highest BCUT2D eigenvalue weighted by Gasteiger charge is 2.13. The Morgan fingerprint density at radius 2 is 2.00 bits per heavy atom. The third-order valence-corrected chi connectivity index (χ3v) is 3.44. The molecule has 0 aliphatic rings. The minimum Gasteiger partial charge on any atom is -0.497 e. The molecular formula is C17H22N2O2. The molecule has 1 N–H and O–H groups in total. The molecule has 0 aliphatic carbocycles. The number of methoxy groups -OCH3 is 1. The summed E-state index contributed by atoms with van der Waals surface area (Å²) in [6, 6.07) is 11.8. The van der Waals surface area contributed by atoms with Gasteiger partial charge in [-0.1, -0.05) is 18.2 Å². The first-order valence-corrected chi connectivity index (χ1v) is 7.12. The van der Waals surface area contributed by atoms with Crippen molar-refractivity contribution in [1.29, 1.82) is 0 Å². The van der Waals surface area contributed by atoms with E-state index in [9.17, 15) is 4.79 Å². The molecule has 0 aliphatic heterocycles. The van der Waals surface area contributed by atoms with Crippen LogP contribution in [0.25, 0.3) is 11.3 Å². The Kier molecular flexibility index (Phi) is 4.81. The average molecular weight is 286 g/mol. The lowest BCUT2D eigenvalue weighted by Gasteiger charge is -2.18. The van der Waals surface area contributed by atoms with Gasteiger partial charge in [-0.3, -0.25) is 4.79 Å². The molecule has 0 saturated heterocycles. The summed E-state index contributed by atoms with van der Waals surface area (Å²) in [5.74, 6) is 0.787. The third-order valence-electron chi connectivity index (χ3n) is 3.44. The van der Waals surface area contributed by atoms with Gasteiger partial charge in [0.05, 0.1) is 12.8 Å². The van der Waals surface area contributed by atoms with Crippen LogP contribution in [0.2, 0.25) is 0 Å². The van der Waals surface area contributed by atoms with Crippen LogP contribution >= 0.6 is 0 Å². The molecule has 0 unspecified atom stereocenters. The Balaban J connectivity index is 2.63. The van der Waals surface area contributed by atoms with Gasteiger partial charge in [-0.25, -0.2) is 0 Å². The van der Waals surface area contributed by atoms with E-state index in [-0.39, 0.29) is 11.6 Å². The van der Waals surface area contributed by atoms with Gasteiger partial charge in [0.1, 0.15) is 5.75 Å². The van der Waals surface area contributed by atoms with Gasteiger partial charge in [0.25, 0.3) is 5.56 Å². The van der Waals surface area contributed by atoms with Crippen molar-refractivity contribution in [2.24, 2.45) is 0 Å². The van der Waals surface area contributed by atoms with Crippen LogP contribution in [-0.4, -0.2) is 18.7 Å². The maximum absolute atomic E-state index is 12.6. The monoisotopic (exact) mass is 286 g/mol. The zero-order valence-corrected chi connectivity index (χ0v) is 13.0. The van der Waals surface area contributed by atoms with Gasteiger partial charge in [0.2, 0.25) is 0 Å². The molecule has 1 heterocycles. The van der Waals surface area contributed by atoms with Crippen molar-refractivity contribution in [3.05, 3.63) is 52.3 Å². The van der Waals surface area contributed by atoms with Crippen LogP contribution in [0.1, 0.15) is 25.5 Å². The van der Waals surface area contributed by atoms with E-state index in [1.807, 2.05) is 61.9 Å². The van der Waals surface area contributed by atoms with Crippen molar-refractivity contribution < 1.29 is 4.74 Å². The third kappa shape index (κ3) is 3.16. The molecule has 112 valence electrons. The van der Waals surface area contributed by atoms with Gasteiger partial charge >= 0.3 is 0 Å². The lowest BCUT2D eigenvalue weighted by atomic mass is 10.1. The van der Waals surface area contributed by atoms with E-state index in [0.29, 0.717) is 6.54 Å². The molecule has 0 amide bonds. The normalized spacial score (nSPS) is 10.9. The number of aromatic nitrogens is 1. The molecule has 0 spiro atoms. The zero-order valence-electron chi connectivity index (χ0n) is 13.0. The quantitative estimate of drug-likeness (QED) is 0.919. The van der Waals surface area contributed by atoms with E-state index in [1.165, 1.54) is 0 Å². The molecule has 0 fully saturated rings. The van der Waals surface area contributed by atoms with Gasteiger partial charge in [-0.05, 0) is 39.1 Å². The number of rotatable bonds is 5. The molecule has 2 aromatic rings. The minimum absolute atomic E-state index is 0.0552. The number of pyridine rings is 1. The summed E-state index contributed by atoms with van der Waals surface area (Å²) in [5.41, 5.74) is 2.72. The Morgan fingerprint density at radius 1 is 1.24 bits per heavy atom. The SMILES string of the molecule is CNCc1ccc(-c2cccc(OC)c2)n(C(C)C)c1=O. The van der Waals surface area contributed by atoms with Crippen LogP contribution in [0.5, 0.6) is 5.75 Å². The van der Waals surface area contributed by atoms with Crippen molar-refractivity contribution in [1.82, 2.24) is 9.88 Å². The number of nitrogens with one attached hydrogen (secondary N) is 1. The minimum atomic E-state index is 0.0552. The summed E-state index contributed by atoms with van der Waals surface area (Å²) in [6.45, 7) is 4.62. The summed E-state index contributed by atoms with van der Waals surface area (Å²) in [6.07, 6.45) is 0. The molecule has 4 heteroatoms. The summed E-state index contributed by atoms with van der Waals surface area (Å²) in [7, 11) is 3.49. The van der Waals surface area contributed by atoms with Crippen LogP contribution < -0.4 is 15.6 Å². The molecule has 4 nitrogen and oxygen atoms in total. The van der Waals surface area contributed by atoms with Gasteiger partial charge in [0.15, 0.2) is 0 Å². The molecule has 2 rings (SSSR count). The maximum Gasteiger partial charge on any atom is 0.255 e. The highest BCUT2D eigenvalue weighted by Crippen LogP contribution is 2.25. The highest BCUT2D eigenvalue weighted by atomic mass is 16.5. The van der Waals surface area contributed by atoms with Crippen LogP contribution in [-0.2, 0) is 6.54 Å². The molecule has 0 atom stereocenters. The van der Waals surface area contributed by atoms with E-state index in [1.54, 1.807) is 7.11 Å². The molecule has 0 radical (unpaired) electrons. The van der Waals surface area contributed by atoms with Gasteiger partial charge in [-0.15, -0.1) is 0 Å². The number of benzene rings is 1. The molecule has 0 saturated carbocycles. The largest absolute Gasteiger partial charge is 0.497 e. The fourth-order valence-corrected chi connectivity index (χ4v) is 2.45. The van der Waals surface area contributed by atoms with Gasteiger partial charge < -0.3 is 14.6 Å². The zero-order chi connectivity index (χ0) is 15.4. The summed E-state index contributed by atoms with van der Waals surface area (Å²) < 4.78 is 7.11. The standard InChI is InChI=1S/C17H22N2O2/c1-12(2)19-16(9-8-14(11-18-3)17(19)20)13-6-5-7-15(10-13)21-4/h5-10,12,18H,11H2,1-4H3. The van der Waals surface area contributed by atoms with Crippen LogP contribution in [0.3, 0.4) is 0 Å². The number of hydrogen-bond acceptors (Lipinski definition) is 3. The topological polar surface area (TPSA) is 43.3 Å². The molecule has 0 bridgehead atoms. The second-order valence-corrected chi connectivity index (χ2v) is 5.28. The van der Waals surface area contributed by atoms with E-state index < -0.39 is 0 Å². The number of nitrogens with zero attached hydrogens (tertiary/aromatic N) is 1. The number of ether oxygens (including phenoxy) is 1. The molecular weight excluding hydrogens is 264 g/mol. The fraction of sp³-hybridized carbons (Fsp3) is 0.353. The van der Waals surface area contributed by atoms with Gasteiger partial charge in [-0.2, -0.15) is 0 Å². The van der Waals surface area contributed by atoms with Crippen molar-refractivity contribution in [2.75, 3.05) is 14.2 Å². The summed E-state index contributed by atoms with van der Waals surface area (Å²) in [5, 5.41) is 3.04.